The van der Waals surface area contributed by atoms with Crippen LogP contribution in [0.2, 0.25) is 0 Å². The fourth-order valence-electron chi connectivity index (χ4n) is 2.58. The molecule has 0 fully saturated rings. The number of hydrogen-bond donors (Lipinski definition) is 4. The number of carbonyl (C=O) groups excluding carboxylic acids is 1. The Balaban J connectivity index is 1.90. The Hall–Kier alpha value is -2.71. The Morgan fingerprint density at radius 1 is 1.22 bits per heavy atom. The average molecular weight is 375 g/mol. The molecule has 0 aliphatic carbocycles. The van der Waals surface area contributed by atoms with Gasteiger partial charge in [0.15, 0.2) is 0 Å². The van der Waals surface area contributed by atoms with E-state index in [1.807, 2.05) is 0 Å². The number of carboxylic acids is 1. The van der Waals surface area contributed by atoms with Crippen molar-refractivity contribution in [3.8, 4) is 0 Å². The maximum atomic E-state index is 12.2. The summed E-state index contributed by atoms with van der Waals surface area (Å²) in [6, 6.07) is 4.79. The molecule has 8 nitrogen and oxygen atoms in total. The number of rotatable bonds is 10. The van der Waals surface area contributed by atoms with Gasteiger partial charge in [-0.05, 0) is 50.6 Å². The van der Waals surface area contributed by atoms with Crippen molar-refractivity contribution in [1.82, 2.24) is 5.32 Å². The lowest BCUT2D eigenvalue weighted by Crippen LogP contribution is -2.18. The van der Waals surface area contributed by atoms with E-state index < -0.39 is 11.9 Å². The van der Waals surface area contributed by atoms with Crippen LogP contribution < -0.4 is 11.1 Å². The number of hydrogen-bond acceptors (Lipinski definition) is 7. The Kier molecular flexibility index (Phi) is 7.97. The van der Waals surface area contributed by atoms with E-state index in [0.717, 1.165) is 32.4 Å². The van der Waals surface area contributed by atoms with Gasteiger partial charge in [0.1, 0.15) is 5.84 Å². The number of amidine groups is 1. The number of fused-ring (bicyclic) bond motifs is 1. The molecule has 1 aromatic rings. The molecule has 0 unspecified atom stereocenters. The SMILES string of the molecule is NC1=Nc2cc(C(=O)OCCCCNCCCO)ccc2C=C(C(=O)O)C1. The van der Waals surface area contributed by atoms with Crippen molar-refractivity contribution >= 4 is 29.5 Å². The quantitative estimate of drug-likeness (QED) is 0.359. The first-order chi connectivity index (χ1) is 13.0. The minimum atomic E-state index is -1.05. The summed E-state index contributed by atoms with van der Waals surface area (Å²) in [5.74, 6) is -1.32. The number of nitrogens with one attached hydrogen (secondary N) is 1. The number of esters is 1. The number of benzene rings is 1. The third kappa shape index (κ3) is 6.50. The molecule has 0 spiro atoms. The minimum Gasteiger partial charge on any atom is -0.478 e. The van der Waals surface area contributed by atoms with Gasteiger partial charge in [-0.25, -0.2) is 14.6 Å². The van der Waals surface area contributed by atoms with Crippen molar-refractivity contribution in [1.29, 1.82) is 0 Å². The van der Waals surface area contributed by atoms with Crippen LogP contribution in [0.5, 0.6) is 0 Å². The van der Waals surface area contributed by atoms with E-state index in [1.165, 1.54) is 6.08 Å². The number of aliphatic hydroxyl groups is 1. The van der Waals surface area contributed by atoms with E-state index in [9.17, 15) is 14.7 Å². The molecule has 0 amide bonds. The molecule has 0 radical (unpaired) electrons. The van der Waals surface area contributed by atoms with Crippen LogP contribution in [0.1, 0.15) is 41.6 Å². The highest BCUT2D eigenvalue weighted by molar-refractivity contribution is 6.03. The van der Waals surface area contributed by atoms with Gasteiger partial charge in [-0.2, -0.15) is 0 Å². The summed E-state index contributed by atoms with van der Waals surface area (Å²) < 4.78 is 5.27. The molecule has 0 aromatic heterocycles. The number of aliphatic hydroxyl groups excluding tert-OH is 1. The zero-order valence-electron chi connectivity index (χ0n) is 15.1. The molecule has 1 aliphatic rings. The van der Waals surface area contributed by atoms with Crippen LogP contribution in [0.3, 0.4) is 0 Å². The van der Waals surface area contributed by atoms with Crippen LogP contribution >= 0.6 is 0 Å². The predicted molar refractivity (Wildman–Crippen MR) is 102 cm³/mol. The highest BCUT2D eigenvalue weighted by atomic mass is 16.5. The van der Waals surface area contributed by atoms with Crippen molar-refractivity contribution in [2.24, 2.45) is 10.7 Å². The van der Waals surface area contributed by atoms with E-state index in [2.05, 4.69) is 10.3 Å². The molecule has 0 saturated carbocycles. The van der Waals surface area contributed by atoms with Gasteiger partial charge in [0.25, 0.3) is 0 Å². The van der Waals surface area contributed by atoms with Gasteiger partial charge in [0.05, 0.1) is 17.9 Å². The van der Waals surface area contributed by atoms with Crippen LogP contribution in [0.15, 0.2) is 28.8 Å². The third-order valence-electron chi connectivity index (χ3n) is 4.00. The number of aliphatic carboxylic acids is 1. The number of nitrogens with two attached hydrogens (primary N) is 1. The lowest BCUT2D eigenvalue weighted by Gasteiger charge is -2.07. The molecule has 1 heterocycles. The van der Waals surface area contributed by atoms with Crippen LogP contribution in [0, 0.1) is 0 Å². The van der Waals surface area contributed by atoms with Crippen LogP contribution in [-0.2, 0) is 9.53 Å². The first-order valence-corrected chi connectivity index (χ1v) is 8.91. The van der Waals surface area contributed by atoms with Gasteiger partial charge < -0.3 is 26.0 Å². The Morgan fingerprint density at radius 3 is 2.74 bits per heavy atom. The van der Waals surface area contributed by atoms with E-state index in [4.69, 9.17) is 15.6 Å². The summed E-state index contributed by atoms with van der Waals surface area (Å²) in [6.45, 7) is 2.07. The monoisotopic (exact) mass is 375 g/mol. The van der Waals surface area contributed by atoms with Crippen molar-refractivity contribution in [2.75, 3.05) is 26.3 Å². The van der Waals surface area contributed by atoms with E-state index >= 15 is 0 Å². The molecule has 0 saturated heterocycles. The van der Waals surface area contributed by atoms with E-state index in [-0.39, 0.29) is 24.4 Å². The zero-order chi connectivity index (χ0) is 19.6. The molecule has 0 bridgehead atoms. The maximum absolute atomic E-state index is 12.2. The summed E-state index contributed by atoms with van der Waals surface area (Å²) in [5.41, 5.74) is 7.31. The second kappa shape index (κ2) is 10.4. The van der Waals surface area contributed by atoms with Crippen molar-refractivity contribution in [3.63, 3.8) is 0 Å². The van der Waals surface area contributed by atoms with E-state index in [1.54, 1.807) is 18.2 Å². The first kappa shape index (κ1) is 20.6. The first-order valence-electron chi connectivity index (χ1n) is 8.91. The molecule has 146 valence electrons. The number of unbranched alkanes of at least 4 members (excludes halogenated alkanes) is 1. The molecule has 8 heteroatoms. The topological polar surface area (TPSA) is 134 Å². The van der Waals surface area contributed by atoms with Gasteiger partial charge in [0.2, 0.25) is 0 Å². The summed E-state index contributed by atoms with van der Waals surface area (Å²) in [4.78, 5) is 27.6. The lowest BCUT2D eigenvalue weighted by molar-refractivity contribution is -0.132. The maximum Gasteiger partial charge on any atom is 0.338 e. The summed E-state index contributed by atoms with van der Waals surface area (Å²) >= 11 is 0. The number of carboxylic acid groups (broad SMARTS) is 1. The third-order valence-corrected chi connectivity index (χ3v) is 4.00. The molecule has 27 heavy (non-hydrogen) atoms. The van der Waals surface area contributed by atoms with Gasteiger partial charge in [-0.1, -0.05) is 6.07 Å². The van der Waals surface area contributed by atoms with Crippen LogP contribution in [-0.4, -0.2) is 54.3 Å². The molecular weight excluding hydrogens is 350 g/mol. The fraction of sp³-hybridized carbons (Fsp3) is 0.421. The summed E-state index contributed by atoms with van der Waals surface area (Å²) in [5, 5.41) is 21.0. The summed E-state index contributed by atoms with van der Waals surface area (Å²) in [6.07, 6.45) is 3.89. The molecule has 1 aromatic carbocycles. The highest BCUT2D eigenvalue weighted by Gasteiger charge is 2.17. The number of nitrogens with zero attached hydrogens (tertiary/aromatic N) is 1. The fourth-order valence-corrected chi connectivity index (χ4v) is 2.58. The van der Waals surface area contributed by atoms with Gasteiger partial charge in [-0.3, -0.25) is 0 Å². The minimum absolute atomic E-state index is 0.0517. The lowest BCUT2D eigenvalue weighted by atomic mass is 10.1. The molecule has 2 rings (SSSR count). The molecule has 0 atom stereocenters. The van der Waals surface area contributed by atoms with Crippen molar-refractivity contribution < 1.29 is 24.5 Å². The predicted octanol–water partition coefficient (Wildman–Crippen LogP) is 1.46. The second-order valence-electron chi connectivity index (χ2n) is 6.20. The second-order valence-corrected chi connectivity index (χ2v) is 6.20. The number of ether oxygens (including phenoxy) is 1. The average Bonchev–Trinajstić information content (AvgIpc) is 2.81. The molecular formula is C19H25N3O5. The van der Waals surface area contributed by atoms with Crippen molar-refractivity contribution in [2.45, 2.75) is 25.7 Å². The van der Waals surface area contributed by atoms with Gasteiger partial charge in [-0.15, -0.1) is 0 Å². The van der Waals surface area contributed by atoms with Crippen molar-refractivity contribution in [3.05, 3.63) is 34.9 Å². The number of aliphatic imine (C=N–C) groups is 1. The Labute approximate surface area is 157 Å². The Bertz CT molecular complexity index is 743. The van der Waals surface area contributed by atoms with Crippen LogP contribution in [0.25, 0.3) is 6.08 Å². The van der Waals surface area contributed by atoms with E-state index in [0.29, 0.717) is 23.4 Å². The number of carbonyl (C=O) groups is 2. The van der Waals surface area contributed by atoms with Gasteiger partial charge in [0, 0.05) is 24.2 Å². The standard InChI is InChI=1S/C19H25N3O5/c20-17-12-15(18(24)25)10-13-4-5-14(11-16(13)22-17)19(26)27-9-2-1-6-21-7-3-8-23/h4-5,10-11,21,23H,1-3,6-9,12H2,(H2,20,22)(H,24,25). The zero-order valence-corrected chi connectivity index (χ0v) is 15.1. The highest BCUT2D eigenvalue weighted by Crippen LogP contribution is 2.28. The largest absolute Gasteiger partial charge is 0.478 e. The normalized spacial score (nSPS) is 13.2. The Morgan fingerprint density at radius 2 is 2.00 bits per heavy atom. The smallest absolute Gasteiger partial charge is 0.338 e. The molecule has 1 aliphatic heterocycles. The molecule has 5 N–H and O–H groups in total. The van der Waals surface area contributed by atoms with Gasteiger partial charge >= 0.3 is 11.9 Å². The summed E-state index contributed by atoms with van der Waals surface area (Å²) in [7, 11) is 0. The van der Waals surface area contributed by atoms with Crippen LogP contribution in [0.4, 0.5) is 5.69 Å².